The summed E-state index contributed by atoms with van der Waals surface area (Å²) in [5.41, 5.74) is 7.39. The second-order valence-electron chi connectivity index (χ2n) is 7.04. The Labute approximate surface area is 166 Å². The molecule has 2 aromatic heterocycles. The van der Waals surface area contributed by atoms with Crippen LogP contribution in [0.25, 0.3) is 22.2 Å². The van der Waals surface area contributed by atoms with Crippen molar-refractivity contribution in [2.75, 3.05) is 7.11 Å². The minimum atomic E-state index is 0.764. The molecule has 0 radical (unpaired) electrons. The van der Waals surface area contributed by atoms with Gasteiger partial charge in [0.25, 0.3) is 0 Å². The van der Waals surface area contributed by atoms with Crippen LogP contribution < -0.4 is 4.74 Å². The fraction of sp³-hybridized carbons (Fsp3) is 0.240. The monoisotopic (exact) mass is 370 g/mol. The van der Waals surface area contributed by atoms with Crippen LogP contribution in [0.5, 0.6) is 5.75 Å². The van der Waals surface area contributed by atoms with Crippen molar-refractivity contribution in [3.05, 3.63) is 83.7 Å². The van der Waals surface area contributed by atoms with E-state index in [2.05, 4.69) is 61.0 Å². The highest BCUT2D eigenvalue weighted by Crippen LogP contribution is 2.30. The lowest BCUT2D eigenvalue weighted by Crippen LogP contribution is -2.01. The van der Waals surface area contributed by atoms with E-state index >= 15 is 0 Å². The number of nitrogens with zero attached hydrogens (tertiary/aromatic N) is 2. The molecule has 0 aliphatic heterocycles. The average molecular weight is 370 g/mol. The first-order chi connectivity index (χ1) is 13.7. The number of aryl methyl sites for hydroxylation is 2. The Morgan fingerprint density at radius 2 is 1.61 bits per heavy atom. The quantitative estimate of drug-likeness (QED) is 0.423. The van der Waals surface area contributed by atoms with Crippen LogP contribution in [0.1, 0.15) is 30.5 Å². The Bertz CT molecular complexity index is 1090. The summed E-state index contributed by atoms with van der Waals surface area (Å²) in [4.78, 5) is 4.86. The van der Waals surface area contributed by atoms with E-state index < -0.39 is 0 Å². The Kier molecular flexibility index (Phi) is 5.16. The molecule has 0 atom stereocenters. The molecule has 3 nitrogen and oxygen atoms in total. The Balaban J connectivity index is 1.75. The van der Waals surface area contributed by atoms with Crippen LogP contribution in [0, 0.1) is 0 Å². The van der Waals surface area contributed by atoms with Crippen LogP contribution >= 0.6 is 0 Å². The third kappa shape index (κ3) is 3.29. The van der Waals surface area contributed by atoms with Crippen molar-refractivity contribution in [3.8, 4) is 17.0 Å². The number of pyridine rings is 1. The normalized spacial score (nSPS) is 11.1. The van der Waals surface area contributed by atoms with Crippen LogP contribution in [0.2, 0.25) is 0 Å². The van der Waals surface area contributed by atoms with Crippen molar-refractivity contribution >= 4 is 10.9 Å². The topological polar surface area (TPSA) is 27.1 Å². The molecule has 0 fully saturated rings. The van der Waals surface area contributed by atoms with Crippen LogP contribution in [0.3, 0.4) is 0 Å². The molecule has 0 unspecified atom stereocenters. The standard InChI is InChI=1S/C25H26N2O/c1-4-18-10-8-11-19(5-2)25(18)22-15-20-13-14-27(23(20)16-26-22)17-21-9-6-7-12-24(21)28-3/h6-16H,4-5,17H2,1-3H3. The third-order valence-corrected chi connectivity index (χ3v) is 5.45. The maximum absolute atomic E-state index is 5.51. The van der Waals surface area contributed by atoms with E-state index in [-0.39, 0.29) is 0 Å². The molecule has 4 rings (SSSR count). The van der Waals surface area contributed by atoms with Gasteiger partial charge in [-0.25, -0.2) is 0 Å². The lowest BCUT2D eigenvalue weighted by Gasteiger charge is -2.13. The molecular formula is C25H26N2O. The van der Waals surface area contributed by atoms with Crippen LogP contribution in [-0.2, 0) is 19.4 Å². The molecule has 28 heavy (non-hydrogen) atoms. The van der Waals surface area contributed by atoms with Gasteiger partial charge in [-0.05, 0) is 42.2 Å². The molecule has 142 valence electrons. The van der Waals surface area contributed by atoms with E-state index in [0.29, 0.717) is 0 Å². The van der Waals surface area contributed by atoms with Crippen molar-refractivity contribution in [2.24, 2.45) is 0 Å². The minimum absolute atomic E-state index is 0.764. The number of methoxy groups -OCH3 is 1. The van der Waals surface area contributed by atoms with Crippen molar-refractivity contribution in [1.82, 2.24) is 9.55 Å². The molecule has 0 spiro atoms. The molecule has 3 heteroatoms. The molecular weight excluding hydrogens is 344 g/mol. The maximum Gasteiger partial charge on any atom is 0.123 e. The lowest BCUT2D eigenvalue weighted by molar-refractivity contribution is 0.408. The molecule has 0 bridgehead atoms. The zero-order chi connectivity index (χ0) is 19.5. The van der Waals surface area contributed by atoms with Gasteiger partial charge in [0.2, 0.25) is 0 Å². The highest BCUT2D eigenvalue weighted by atomic mass is 16.5. The van der Waals surface area contributed by atoms with Crippen molar-refractivity contribution < 1.29 is 4.74 Å². The number of ether oxygens (including phenoxy) is 1. The van der Waals surface area contributed by atoms with Gasteiger partial charge in [-0.15, -0.1) is 0 Å². The van der Waals surface area contributed by atoms with Gasteiger partial charge < -0.3 is 9.30 Å². The van der Waals surface area contributed by atoms with Crippen molar-refractivity contribution in [1.29, 1.82) is 0 Å². The predicted molar refractivity (Wildman–Crippen MR) is 116 cm³/mol. The molecule has 2 heterocycles. The molecule has 0 amide bonds. The number of hydrogen-bond acceptors (Lipinski definition) is 2. The van der Waals surface area contributed by atoms with Gasteiger partial charge in [-0.3, -0.25) is 4.98 Å². The highest BCUT2D eigenvalue weighted by molar-refractivity contribution is 5.84. The number of hydrogen-bond donors (Lipinski definition) is 0. The summed E-state index contributed by atoms with van der Waals surface area (Å²) in [7, 11) is 1.72. The molecule has 4 aromatic rings. The first-order valence-electron chi connectivity index (χ1n) is 9.93. The van der Waals surface area contributed by atoms with Gasteiger partial charge in [0.05, 0.1) is 31.1 Å². The molecule has 0 saturated heterocycles. The van der Waals surface area contributed by atoms with Gasteiger partial charge in [0.1, 0.15) is 5.75 Å². The van der Waals surface area contributed by atoms with E-state index in [4.69, 9.17) is 9.72 Å². The number of para-hydroxylation sites is 1. The maximum atomic E-state index is 5.51. The molecule has 0 saturated carbocycles. The second kappa shape index (κ2) is 7.89. The summed E-state index contributed by atoms with van der Waals surface area (Å²) in [6.45, 7) is 5.18. The summed E-state index contributed by atoms with van der Waals surface area (Å²) >= 11 is 0. The summed E-state index contributed by atoms with van der Waals surface area (Å²) in [6.07, 6.45) is 6.16. The van der Waals surface area contributed by atoms with Gasteiger partial charge in [-0.2, -0.15) is 0 Å². The van der Waals surface area contributed by atoms with E-state index in [1.54, 1.807) is 7.11 Å². The molecule has 2 aromatic carbocycles. The Hall–Kier alpha value is -3.07. The van der Waals surface area contributed by atoms with Crippen LogP contribution in [0.15, 0.2) is 67.0 Å². The number of fused-ring (bicyclic) bond motifs is 1. The van der Waals surface area contributed by atoms with E-state index in [9.17, 15) is 0 Å². The Morgan fingerprint density at radius 3 is 2.32 bits per heavy atom. The van der Waals surface area contributed by atoms with E-state index in [1.165, 1.54) is 22.1 Å². The number of benzene rings is 2. The zero-order valence-electron chi connectivity index (χ0n) is 16.8. The molecule has 0 aliphatic rings. The van der Waals surface area contributed by atoms with Crippen LogP contribution in [-0.4, -0.2) is 16.7 Å². The lowest BCUT2D eigenvalue weighted by atomic mass is 9.94. The Morgan fingerprint density at radius 1 is 0.893 bits per heavy atom. The van der Waals surface area contributed by atoms with E-state index in [0.717, 1.165) is 41.9 Å². The van der Waals surface area contributed by atoms with Gasteiger partial charge >= 0.3 is 0 Å². The second-order valence-corrected chi connectivity index (χ2v) is 7.04. The fourth-order valence-electron chi connectivity index (χ4n) is 3.95. The summed E-state index contributed by atoms with van der Waals surface area (Å²) in [6, 6.07) is 19.2. The highest BCUT2D eigenvalue weighted by Gasteiger charge is 2.12. The average Bonchev–Trinajstić information content (AvgIpc) is 3.15. The van der Waals surface area contributed by atoms with Gasteiger partial charge in [0, 0.05) is 22.7 Å². The van der Waals surface area contributed by atoms with Gasteiger partial charge in [-0.1, -0.05) is 50.2 Å². The fourth-order valence-corrected chi connectivity index (χ4v) is 3.95. The first-order valence-corrected chi connectivity index (χ1v) is 9.93. The predicted octanol–water partition coefficient (Wildman–Crippen LogP) is 5.89. The summed E-state index contributed by atoms with van der Waals surface area (Å²) < 4.78 is 7.74. The van der Waals surface area contributed by atoms with Crippen molar-refractivity contribution in [2.45, 2.75) is 33.2 Å². The third-order valence-electron chi connectivity index (χ3n) is 5.45. The minimum Gasteiger partial charge on any atom is -0.496 e. The van der Waals surface area contributed by atoms with E-state index in [1.807, 2.05) is 24.4 Å². The molecule has 0 N–H and O–H groups in total. The summed E-state index contributed by atoms with van der Waals surface area (Å²) in [5, 5.41) is 1.22. The number of rotatable bonds is 6. The zero-order valence-corrected chi connectivity index (χ0v) is 16.8. The SMILES string of the molecule is CCc1cccc(CC)c1-c1cc2ccn(Cc3ccccc3OC)c2cn1. The van der Waals surface area contributed by atoms with Crippen molar-refractivity contribution in [3.63, 3.8) is 0 Å². The number of aromatic nitrogens is 2. The summed E-state index contributed by atoms with van der Waals surface area (Å²) in [5.74, 6) is 0.915. The largest absolute Gasteiger partial charge is 0.496 e. The van der Waals surface area contributed by atoms with Crippen LogP contribution in [0.4, 0.5) is 0 Å². The first kappa shape index (κ1) is 18.3. The van der Waals surface area contributed by atoms with Gasteiger partial charge in [0.15, 0.2) is 0 Å². The molecule has 0 aliphatic carbocycles. The smallest absolute Gasteiger partial charge is 0.123 e.